The van der Waals surface area contributed by atoms with E-state index in [4.69, 9.17) is 35.7 Å². The van der Waals surface area contributed by atoms with E-state index in [2.05, 4.69) is 15.4 Å². The van der Waals surface area contributed by atoms with E-state index in [-0.39, 0.29) is 74.7 Å². The maximum atomic E-state index is 12.0. The number of ketones is 1. The van der Waals surface area contributed by atoms with Crippen LogP contribution in [0.3, 0.4) is 0 Å². The van der Waals surface area contributed by atoms with E-state index < -0.39 is 183 Å². The number of aryl methyl sites for hydroxylation is 2. The molecule has 6 rings (SSSR count). The van der Waals surface area contributed by atoms with Gasteiger partial charge in [0.1, 0.15) is 5.75 Å². The first-order valence-corrected chi connectivity index (χ1v) is 41.6. The van der Waals surface area contributed by atoms with Gasteiger partial charge in [0, 0.05) is 67.4 Å². The number of carbonyl (C=O) groups excluding carboxylic acids is 5. The molecule has 0 saturated heterocycles. The van der Waals surface area contributed by atoms with Gasteiger partial charge in [-0.3, -0.25) is 78.3 Å². The predicted molar refractivity (Wildman–Crippen MR) is 388 cm³/mol. The number of hydrogen-bond donors (Lipinski definition) is 9. The Morgan fingerprint density at radius 1 is 0.540 bits per heavy atom. The van der Waals surface area contributed by atoms with Crippen molar-refractivity contribution in [2.45, 2.75) is 83.6 Å². The predicted octanol–water partition coefficient (Wildman–Crippen LogP) is -1.98. The first-order chi connectivity index (χ1) is 51.0. The molecule has 5 aromatic carbocycles. The Morgan fingerprint density at radius 2 is 0.920 bits per heavy atom. The molecule has 44 nitrogen and oxygen atoms in total. The number of rotatable bonds is 26. The second-order valence-corrected chi connectivity index (χ2v) is 34.9. The summed E-state index contributed by atoms with van der Waals surface area (Å²) in [5.41, 5.74) is -0.574. The number of esters is 1. The first kappa shape index (κ1) is 109. The van der Waals surface area contributed by atoms with Crippen LogP contribution in [0.1, 0.15) is 50.8 Å². The number of sulfone groups is 6. The fraction of sp³-hybridized carbons (Fsp3) is 0.311. The molecule has 9 N–H and O–H groups in total. The van der Waals surface area contributed by atoms with Gasteiger partial charge in [-0.2, -0.15) is 0 Å². The molecule has 0 bridgehead atoms. The molecular formula is C61H72N5NaO39S7. The minimum atomic E-state index is -4.71. The van der Waals surface area contributed by atoms with E-state index in [0.717, 1.165) is 42.2 Å². The van der Waals surface area contributed by atoms with Gasteiger partial charge in [-0.1, -0.05) is 61.9 Å². The molecule has 52 heteroatoms. The number of benzene rings is 5. The van der Waals surface area contributed by atoms with Crippen LogP contribution in [0, 0.1) is 44.2 Å². The van der Waals surface area contributed by atoms with E-state index in [1.54, 1.807) is 61.5 Å². The molecule has 3 unspecified atom stereocenters. The quantitative estimate of drug-likeness (QED) is 0.00723. The fourth-order valence-corrected chi connectivity index (χ4v) is 13.4. The third kappa shape index (κ3) is 42.4. The zero-order chi connectivity index (χ0) is 88.2. The SMILES string of the molecule is CC.CC(=O)Nc1ccc(S(=O)(=O)CC(=O)O)cc1.CC(=O)Nc1ccc(SCC(=O)O)cc1.COC(=O)C(C(=O)O)S(=O)(=O)c1ccc(C)cc1.CS(=O)(=O)C(C(=O)O)[N+](=O)[O-].CS(=O)(=O)CC(=O)O.CS(=O)(=O)CC(=O)[O-].Cc1cc([N+](=O)[O-])c(S(=O)(=O)CC(=O)O)c([N+](=O)[O-])c1.O=C(O)C1(c2ccccc2)CC1=O.[Na+]. The summed E-state index contributed by atoms with van der Waals surface area (Å²) in [6, 6.07) is 28.2. The van der Waals surface area contributed by atoms with Gasteiger partial charge in [0.05, 0.1) is 49.1 Å². The Kier molecular flexibility index (Phi) is 46.9. The minimum Gasteiger partial charge on any atom is -0.549 e. The molecular weight excluding hydrogens is 1670 g/mol. The number of nitro benzene ring substituents is 2. The maximum absolute atomic E-state index is 12.0. The molecule has 0 aliphatic heterocycles. The van der Waals surface area contributed by atoms with Gasteiger partial charge in [0.2, 0.25) is 46.2 Å². The molecule has 618 valence electrons. The zero-order valence-electron chi connectivity index (χ0n) is 60.8. The average molecular weight is 1750 g/mol. The summed E-state index contributed by atoms with van der Waals surface area (Å²) in [5, 5.41) is 100. The molecule has 2 amide bonds. The molecule has 1 aliphatic rings. The fourth-order valence-electron chi connectivity index (χ4n) is 7.44. The average Bonchev–Trinajstić information content (AvgIpc) is 1.64. The van der Waals surface area contributed by atoms with Crippen LogP contribution in [0.15, 0.2) is 135 Å². The Hall–Kier alpha value is -10.8. The topological polar surface area (TPSA) is 737 Å². The number of carboxylic acid groups (broad SMARTS) is 8. The van der Waals surface area contributed by atoms with Gasteiger partial charge in [-0.15, -0.1) is 11.8 Å². The van der Waals surface area contributed by atoms with Crippen molar-refractivity contribution in [2.24, 2.45) is 0 Å². The minimum absolute atomic E-state index is 0. The summed E-state index contributed by atoms with van der Waals surface area (Å²) < 4.78 is 136. The van der Waals surface area contributed by atoms with Crippen molar-refractivity contribution in [3.05, 3.63) is 162 Å². The third-order valence-electron chi connectivity index (χ3n) is 11.9. The molecule has 0 heterocycles. The molecule has 113 heavy (non-hydrogen) atoms. The summed E-state index contributed by atoms with van der Waals surface area (Å²) in [6.45, 7) is 9.83. The van der Waals surface area contributed by atoms with Gasteiger partial charge in [0.15, 0.2) is 52.2 Å². The number of thioether (sulfide) groups is 1. The molecule has 5 aromatic rings. The number of Topliss-reactive ketones (excluding diaryl/α,β-unsaturated/α-hetero) is 1. The summed E-state index contributed by atoms with van der Waals surface area (Å²) in [4.78, 5) is 153. The van der Waals surface area contributed by atoms with Crippen LogP contribution in [0.5, 0.6) is 0 Å². The number of nitro groups is 3. The number of aliphatic carboxylic acids is 8. The molecule has 1 fully saturated rings. The maximum Gasteiger partial charge on any atom is 1.00 e. The van der Waals surface area contributed by atoms with Crippen LogP contribution in [0.4, 0.5) is 22.7 Å². The van der Waals surface area contributed by atoms with Crippen molar-refractivity contribution in [3.8, 4) is 0 Å². The van der Waals surface area contributed by atoms with Crippen molar-refractivity contribution in [2.75, 3.05) is 65.3 Å². The van der Waals surface area contributed by atoms with E-state index in [1.165, 1.54) is 81.1 Å². The monoisotopic (exact) mass is 1750 g/mol. The van der Waals surface area contributed by atoms with Crippen LogP contribution in [-0.4, -0.2) is 238 Å². The standard InChI is InChI=1S/C11H12O6S.C10H11NO5S.C10H11NO3S.C10H8O3.C9H8N2O8S.C3H5NO6S.2C3H6O4S.C2H6.Na/c1-7-3-5-8(6-4-7)18(15,16)9(10(12)13)11(14)17-2;1-7(12)11-8-2-4-9(5-3-8)17(15,16)6-10(13)14;1-7(12)11-8-2-4-9(5-3-8)15-6-10(13)14;11-8-6-10(8,9(12)13)7-4-2-1-3-5-7;1-5-2-6(10(14)15)9(7(3-5)11(16)17)20(18,19)4-8(12)13;1-11(9,10)2(3(5)6)4(7)8;2*1-8(6,7)2-3(4)5;1-2;/h3-6,9H,1-2H3,(H,12,13);2-5H,6H2,1H3,(H,11,12)(H,13,14);2-5H,6H2,1H3,(H,11,12)(H,13,14);1-5H,6H2,(H,12,13);2-3H,4H2,1H3,(H,12,13);2H,1H3,(H,5,6);2*2H2,1H3,(H,4,5);1-2H3;/q;;;;;;;;;+1/p-1. The van der Waals surface area contributed by atoms with Crippen LogP contribution >= 0.6 is 11.8 Å². The second-order valence-electron chi connectivity index (χ2n) is 21.5. The van der Waals surface area contributed by atoms with Crippen molar-refractivity contribution in [1.29, 1.82) is 0 Å². The number of methoxy groups -OCH3 is 1. The molecule has 0 spiro atoms. The normalized spacial score (nSPS) is 12.8. The number of ether oxygens (including phenoxy) is 1. The molecule has 0 radical (unpaired) electrons. The van der Waals surface area contributed by atoms with E-state index >= 15 is 0 Å². The Morgan fingerprint density at radius 3 is 1.19 bits per heavy atom. The van der Waals surface area contributed by atoms with Gasteiger partial charge in [-0.05, 0) is 85.6 Å². The van der Waals surface area contributed by atoms with Crippen molar-refractivity contribution >= 4 is 165 Å². The van der Waals surface area contributed by atoms with Gasteiger partial charge in [-0.25, -0.2) is 55.3 Å². The molecule has 3 atom stereocenters. The summed E-state index contributed by atoms with van der Waals surface area (Å²) >= 11 is 1.24. The summed E-state index contributed by atoms with van der Waals surface area (Å²) in [7, 11) is -22.8. The molecule has 0 aromatic heterocycles. The second kappa shape index (κ2) is 48.9. The number of anilines is 2. The number of hydrogen-bond acceptors (Lipinski definition) is 33. The van der Waals surface area contributed by atoms with Crippen molar-refractivity contribution in [1.82, 2.24) is 0 Å². The Bertz CT molecular complexity index is 4920. The van der Waals surface area contributed by atoms with Gasteiger partial charge >= 0.3 is 82.7 Å². The number of nitrogens with one attached hydrogen (secondary N) is 2. The van der Waals surface area contributed by atoms with Crippen LogP contribution in [0.2, 0.25) is 0 Å². The summed E-state index contributed by atoms with van der Waals surface area (Å²) in [6.07, 6.45) is 2.34. The smallest absolute Gasteiger partial charge is 0.549 e. The Labute approximate surface area is 669 Å². The van der Waals surface area contributed by atoms with Crippen molar-refractivity contribution in [3.63, 3.8) is 0 Å². The summed E-state index contributed by atoms with van der Waals surface area (Å²) in [5.74, 6) is -17.6. The van der Waals surface area contributed by atoms with E-state index in [9.17, 15) is 143 Å². The van der Waals surface area contributed by atoms with Crippen LogP contribution in [-0.2, 0) is 127 Å². The third-order valence-corrected chi connectivity index (χ3v) is 20.8. The van der Waals surface area contributed by atoms with Crippen LogP contribution < -0.4 is 45.3 Å². The number of carboxylic acids is 8. The molecule has 1 saturated carbocycles. The van der Waals surface area contributed by atoms with Crippen LogP contribution in [0.25, 0.3) is 0 Å². The van der Waals surface area contributed by atoms with E-state index in [0.29, 0.717) is 23.2 Å². The van der Waals surface area contributed by atoms with Gasteiger partial charge in [0.25, 0.3) is 16.6 Å². The first-order valence-electron chi connectivity index (χ1n) is 29.7. The Balaban J connectivity index is -0.000000608. The largest absolute Gasteiger partial charge is 1.00 e. The van der Waals surface area contributed by atoms with E-state index in [1.807, 2.05) is 13.8 Å². The van der Waals surface area contributed by atoms with Gasteiger partial charge < -0.3 is 61.0 Å². The zero-order valence-corrected chi connectivity index (χ0v) is 68.5. The molecule has 1 aliphatic carbocycles. The van der Waals surface area contributed by atoms with Crippen molar-refractivity contribution < 1.29 is 198 Å². The number of amides is 2. The number of nitrogens with zero attached hydrogens (tertiary/aromatic N) is 3. The number of carbonyl (C=O) groups is 12.